The summed E-state index contributed by atoms with van der Waals surface area (Å²) in [7, 11) is 1.67. The summed E-state index contributed by atoms with van der Waals surface area (Å²) in [5, 5.41) is 3.95. The third-order valence-electron chi connectivity index (χ3n) is 2.72. The van der Waals surface area contributed by atoms with Gasteiger partial charge in [0.1, 0.15) is 0 Å². The molecule has 0 aliphatic heterocycles. The van der Waals surface area contributed by atoms with Crippen molar-refractivity contribution in [2.45, 2.75) is 25.0 Å². The van der Waals surface area contributed by atoms with E-state index in [0.29, 0.717) is 16.1 Å². The number of hydrogen-bond donors (Lipinski definition) is 1. The standard InChI is InChI=1S/C14H17N3O2S/c1-9(2)15-12(18)8-20-14-16-11-7-5-4-6-10(11)13(19)17(14)3/h4-7,9H,8H2,1-3H3,(H,15,18). The Labute approximate surface area is 121 Å². The average molecular weight is 291 g/mol. The minimum absolute atomic E-state index is 0.0626. The van der Waals surface area contributed by atoms with Crippen molar-refractivity contribution in [1.29, 1.82) is 0 Å². The molecule has 0 fully saturated rings. The molecule has 5 nitrogen and oxygen atoms in total. The second-order valence-corrected chi connectivity index (χ2v) is 5.73. The number of benzene rings is 1. The number of fused-ring (bicyclic) bond motifs is 1. The average Bonchev–Trinajstić information content (AvgIpc) is 2.40. The van der Waals surface area contributed by atoms with Crippen molar-refractivity contribution in [3.05, 3.63) is 34.6 Å². The molecule has 0 aliphatic carbocycles. The molecular formula is C14H17N3O2S. The minimum atomic E-state index is -0.0950. The molecule has 106 valence electrons. The molecule has 2 aromatic rings. The van der Waals surface area contributed by atoms with Gasteiger partial charge in [-0.15, -0.1) is 0 Å². The second-order valence-electron chi connectivity index (χ2n) is 4.79. The molecule has 1 amide bonds. The number of rotatable bonds is 4. The zero-order valence-electron chi connectivity index (χ0n) is 11.7. The van der Waals surface area contributed by atoms with E-state index in [4.69, 9.17) is 0 Å². The van der Waals surface area contributed by atoms with E-state index in [0.717, 1.165) is 0 Å². The highest BCUT2D eigenvalue weighted by Gasteiger charge is 2.10. The van der Waals surface area contributed by atoms with E-state index in [1.807, 2.05) is 26.0 Å². The predicted octanol–water partition coefficient (Wildman–Crippen LogP) is 1.55. The van der Waals surface area contributed by atoms with E-state index in [-0.39, 0.29) is 23.3 Å². The lowest BCUT2D eigenvalue weighted by molar-refractivity contribution is -0.119. The SMILES string of the molecule is CC(C)NC(=O)CSc1nc2ccccc2c(=O)n1C. The molecular weight excluding hydrogens is 274 g/mol. The zero-order chi connectivity index (χ0) is 14.7. The maximum absolute atomic E-state index is 12.2. The first kappa shape index (κ1) is 14.6. The van der Waals surface area contributed by atoms with Gasteiger partial charge in [-0.3, -0.25) is 14.2 Å². The number of para-hydroxylation sites is 1. The Bertz CT molecular complexity index is 694. The molecule has 1 heterocycles. The molecule has 0 saturated carbocycles. The van der Waals surface area contributed by atoms with Gasteiger partial charge in [0.15, 0.2) is 5.16 Å². The van der Waals surface area contributed by atoms with E-state index < -0.39 is 0 Å². The van der Waals surface area contributed by atoms with Crippen LogP contribution in [-0.4, -0.2) is 27.3 Å². The third-order valence-corrected chi connectivity index (χ3v) is 3.75. The lowest BCUT2D eigenvalue weighted by atomic mass is 10.2. The van der Waals surface area contributed by atoms with Crippen LogP contribution in [0, 0.1) is 0 Å². The summed E-state index contributed by atoms with van der Waals surface area (Å²) in [6.07, 6.45) is 0. The molecule has 0 radical (unpaired) electrons. The quantitative estimate of drug-likeness (QED) is 0.686. The van der Waals surface area contributed by atoms with Crippen LogP contribution in [0.5, 0.6) is 0 Å². The number of nitrogens with one attached hydrogen (secondary N) is 1. The first-order valence-electron chi connectivity index (χ1n) is 6.37. The van der Waals surface area contributed by atoms with E-state index in [2.05, 4.69) is 10.3 Å². The lowest BCUT2D eigenvalue weighted by Crippen LogP contribution is -2.31. The topological polar surface area (TPSA) is 64.0 Å². The fourth-order valence-corrected chi connectivity index (χ4v) is 2.60. The molecule has 0 atom stereocenters. The third kappa shape index (κ3) is 3.19. The number of aromatic nitrogens is 2. The monoisotopic (exact) mass is 291 g/mol. The molecule has 2 rings (SSSR count). The number of nitrogens with zero attached hydrogens (tertiary/aromatic N) is 2. The summed E-state index contributed by atoms with van der Waals surface area (Å²) in [5.41, 5.74) is 0.560. The molecule has 0 saturated heterocycles. The van der Waals surface area contributed by atoms with Gasteiger partial charge in [-0.05, 0) is 26.0 Å². The Balaban J connectivity index is 2.25. The normalized spacial score (nSPS) is 11.0. The Morgan fingerprint density at radius 1 is 1.40 bits per heavy atom. The highest BCUT2D eigenvalue weighted by molar-refractivity contribution is 7.99. The number of hydrogen-bond acceptors (Lipinski definition) is 4. The predicted molar refractivity (Wildman–Crippen MR) is 81.0 cm³/mol. The van der Waals surface area contributed by atoms with Crippen molar-refractivity contribution in [2.24, 2.45) is 7.05 Å². The fourth-order valence-electron chi connectivity index (χ4n) is 1.82. The van der Waals surface area contributed by atoms with E-state index >= 15 is 0 Å². The smallest absolute Gasteiger partial charge is 0.261 e. The second kappa shape index (κ2) is 6.09. The van der Waals surface area contributed by atoms with Crippen LogP contribution in [0.25, 0.3) is 10.9 Å². The van der Waals surface area contributed by atoms with E-state index in [9.17, 15) is 9.59 Å². The van der Waals surface area contributed by atoms with Crippen LogP contribution in [0.15, 0.2) is 34.2 Å². The fraction of sp³-hybridized carbons (Fsp3) is 0.357. The van der Waals surface area contributed by atoms with Crippen LogP contribution in [0.2, 0.25) is 0 Å². The van der Waals surface area contributed by atoms with Crippen molar-refractivity contribution in [3.63, 3.8) is 0 Å². The molecule has 0 unspecified atom stereocenters. The molecule has 0 bridgehead atoms. The molecule has 1 aromatic carbocycles. The van der Waals surface area contributed by atoms with Gasteiger partial charge >= 0.3 is 0 Å². The van der Waals surface area contributed by atoms with Crippen LogP contribution in [0.1, 0.15) is 13.8 Å². The summed E-state index contributed by atoms with van der Waals surface area (Å²) < 4.78 is 1.48. The lowest BCUT2D eigenvalue weighted by Gasteiger charge is -2.10. The highest BCUT2D eigenvalue weighted by Crippen LogP contribution is 2.16. The van der Waals surface area contributed by atoms with E-state index in [1.165, 1.54) is 16.3 Å². The van der Waals surface area contributed by atoms with Crippen LogP contribution in [0.4, 0.5) is 0 Å². The van der Waals surface area contributed by atoms with Crippen molar-refractivity contribution in [2.75, 3.05) is 5.75 Å². The molecule has 0 aliphatic rings. The number of thioether (sulfide) groups is 1. The van der Waals surface area contributed by atoms with Gasteiger partial charge in [0, 0.05) is 13.1 Å². The first-order valence-corrected chi connectivity index (χ1v) is 7.35. The van der Waals surface area contributed by atoms with Gasteiger partial charge < -0.3 is 5.32 Å². The maximum Gasteiger partial charge on any atom is 0.261 e. The van der Waals surface area contributed by atoms with Crippen molar-refractivity contribution in [1.82, 2.24) is 14.9 Å². The van der Waals surface area contributed by atoms with Crippen LogP contribution in [0.3, 0.4) is 0 Å². The van der Waals surface area contributed by atoms with Gasteiger partial charge in [0.05, 0.1) is 16.7 Å². The molecule has 1 aromatic heterocycles. The van der Waals surface area contributed by atoms with Crippen molar-refractivity contribution < 1.29 is 4.79 Å². The van der Waals surface area contributed by atoms with E-state index in [1.54, 1.807) is 19.2 Å². The number of amides is 1. The summed E-state index contributed by atoms with van der Waals surface area (Å²) in [6.45, 7) is 3.82. The molecule has 1 N–H and O–H groups in total. The van der Waals surface area contributed by atoms with Crippen LogP contribution < -0.4 is 10.9 Å². The van der Waals surface area contributed by atoms with Gasteiger partial charge in [-0.2, -0.15) is 0 Å². The molecule has 6 heteroatoms. The zero-order valence-corrected chi connectivity index (χ0v) is 12.5. The van der Waals surface area contributed by atoms with Gasteiger partial charge in [0.25, 0.3) is 5.56 Å². The Morgan fingerprint density at radius 3 is 2.80 bits per heavy atom. The summed E-state index contributed by atoms with van der Waals surface area (Å²) in [4.78, 5) is 28.3. The van der Waals surface area contributed by atoms with Gasteiger partial charge in [0.2, 0.25) is 5.91 Å². The van der Waals surface area contributed by atoms with Crippen molar-refractivity contribution >= 4 is 28.6 Å². The Hall–Kier alpha value is -1.82. The van der Waals surface area contributed by atoms with Gasteiger partial charge in [-0.1, -0.05) is 23.9 Å². The number of carbonyl (C=O) groups is 1. The summed E-state index contributed by atoms with van der Waals surface area (Å²) >= 11 is 1.27. The Morgan fingerprint density at radius 2 is 2.10 bits per heavy atom. The minimum Gasteiger partial charge on any atom is -0.353 e. The number of carbonyl (C=O) groups excluding carboxylic acids is 1. The van der Waals surface area contributed by atoms with Crippen molar-refractivity contribution in [3.8, 4) is 0 Å². The first-order chi connectivity index (χ1) is 9.49. The van der Waals surface area contributed by atoms with Crippen LogP contribution in [-0.2, 0) is 11.8 Å². The maximum atomic E-state index is 12.2. The Kier molecular flexibility index (Phi) is 4.44. The largest absolute Gasteiger partial charge is 0.353 e. The highest BCUT2D eigenvalue weighted by atomic mass is 32.2. The summed E-state index contributed by atoms with van der Waals surface area (Å²) in [6, 6.07) is 7.32. The van der Waals surface area contributed by atoms with Crippen LogP contribution >= 0.6 is 11.8 Å². The molecule has 20 heavy (non-hydrogen) atoms. The van der Waals surface area contributed by atoms with Gasteiger partial charge in [-0.25, -0.2) is 4.98 Å². The summed E-state index contributed by atoms with van der Waals surface area (Å²) in [5.74, 6) is 0.184. The molecule has 0 spiro atoms.